The van der Waals surface area contributed by atoms with E-state index in [2.05, 4.69) is 10.3 Å². The summed E-state index contributed by atoms with van der Waals surface area (Å²) in [6.45, 7) is -0.399. The summed E-state index contributed by atoms with van der Waals surface area (Å²) in [5.41, 5.74) is -2.92. The van der Waals surface area contributed by atoms with Crippen LogP contribution in [-0.2, 0) is 12.6 Å². The fourth-order valence-corrected chi connectivity index (χ4v) is 2.90. The van der Waals surface area contributed by atoms with Crippen LogP contribution in [0.15, 0.2) is 67.0 Å². The second-order valence-corrected chi connectivity index (χ2v) is 6.67. The molecule has 0 saturated heterocycles. The molecule has 1 unspecified atom stereocenters. The summed E-state index contributed by atoms with van der Waals surface area (Å²) in [5, 5.41) is 12.7. The largest absolute Gasteiger partial charge is 0.457 e. The number of carbonyl (C=O) groups excluding carboxylic acids is 1. The molecule has 30 heavy (non-hydrogen) atoms. The first kappa shape index (κ1) is 21.4. The molecule has 2 N–H and O–H groups in total. The third-order valence-corrected chi connectivity index (χ3v) is 4.53. The highest BCUT2D eigenvalue weighted by Gasteiger charge is 2.57. The highest BCUT2D eigenvalue weighted by atomic mass is 19.4. The minimum atomic E-state index is -4.95. The number of alkyl halides is 3. The van der Waals surface area contributed by atoms with Crippen LogP contribution in [0.25, 0.3) is 0 Å². The number of para-hydroxylation sites is 1. The Bertz CT molecular complexity index is 988. The van der Waals surface area contributed by atoms with Gasteiger partial charge in [-0.1, -0.05) is 18.2 Å². The van der Waals surface area contributed by atoms with E-state index in [0.29, 0.717) is 11.5 Å². The first-order valence-electron chi connectivity index (χ1n) is 9.09. The second-order valence-electron chi connectivity index (χ2n) is 6.67. The van der Waals surface area contributed by atoms with Crippen LogP contribution in [0.2, 0.25) is 0 Å². The van der Waals surface area contributed by atoms with E-state index in [0.717, 1.165) is 4.57 Å². The van der Waals surface area contributed by atoms with Crippen molar-refractivity contribution in [1.82, 2.24) is 14.9 Å². The van der Waals surface area contributed by atoms with Crippen LogP contribution in [-0.4, -0.2) is 33.3 Å². The van der Waals surface area contributed by atoms with Gasteiger partial charge in [0, 0.05) is 38.0 Å². The van der Waals surface area contributed by atoms with Crippen LogP contribution in [0.4, 0.5) is 13.2 Å². The van der Waals surface area contributed by atoms with Gasteiger partial charge in [-0.2, -0.15) is 13.2 Å². The molecule has 0 saturated carbocycles. The minimum Gasteiger partial charge on any atom is -0.457 e. The van der Waals surface area contributed by atoms with E-state index in [9.17, 15) is 23.1 Å². The number of rotatable bonds is 7. The van der Waals surface area contributed by atoms with Crippen LogP contribution in [0.3, 0.4) is 0 Å². The van der Waals surface area contributed by atoms with Crippen molar-refractivity contribution >= 4 is 5.91 Å². The number of carbonyl (C=O) groups is 1. The Kier molecular flexibility index (Phi) is 6.12. The van der Waals surface area contributed by atoms with Crippen LogP contribution in [0.5, 0.6) is 11.5 Å². The van der Waals surface area contributed by atoms with Crippen molar-refractivity contribution in [2.24, 2.45) is 7.05 Å². The maximum Gasteiger partial charge on any atom is 0.424 e. The maximum absolute atomic E-state index is 13.5. The zero-order chi connectivity index (χ0) is 21.8. The van der Waals surface area contributed by atoms with Crippen molar-refractivity contribution in [3.63, 3.8) is 0 Å². The topological polar surface area (TPSA) is 76.4 Å². The van der Waals surface area contributed by atoms with E-state index >= 15 is 0 Å². The van der Waals surface area contributed by atoms with Gasteiger partial charge in [0.25, 0.3) is 5.91 Å². The fraction of sp³-hybridized carbons (Fsp3) is 0.238. The fourth-order valence-electron chi connectivity index (χ4n) is 2.90. The molecule has 3 rings (SSSR count). The lowest BCUT2D eigenvalue weighted by atomic mass is 9.97. The molecule has 0 fully saturated rings. The summed E-state index contributed by atoms with van der Waals surface area (Å²) in [4.78, 5) is 15.9. The Hall–Kier alpha value is -3.33. The van der Waals surface area contributed by atoms with Crippen LogP contribution in [0, 0.1) is 0 Å². The van der Waals surface area contributed by atoms with E-state index in [1.54, 1.807) is 24.3 Å². The number of imidazole rings is 1. The number of hydrogen-bond donors (Lipinski definition) is 2. The van der Waals surface area contributed by atoms with Gasteiger partial charge in [-0.25, -0.2) is 4.98 Å². The molecule has 0 aliphatic rings. The smallest absolute Gasteiger partial charge is 0.424 e. The molecule has 2 aromatic carbocycles. The Morgan fingerprint density at radius 1 is 1.10 bits per heavy atom. The third kappa shape index (κ3) is 4.62. The number of amides is 1. The van der Waals surface area contributed by atoms with E-state index in [-0.39, 0.29) is 5.56 Å². The normalized spacial score (nSPS) is 13.5. The van der Waals surface area contributed by atoms with Crippen molar-refractivity contribution in [2.75, 3.05) is 6.54 Å². The number of aromatic nitrogens is 2. The van der Waals surface area contributed by atoms with Crippen molar-refractivity contribution < 1.29 is 27.8 Å². The Balaban J connectivity index is 1.61. The average Bonchev–Trinajstić information content (AvgIpc) is 3.14. The van der Waals surface area contributed by atoms with Gasteiger partial charge in [0.2, 0.25) is 5.60 Å². The molecule has 1 amide bonds. The average molecular weight is 419 g/mol. The third-order valence-electron chi connectivity index (χ3n) is 4.53. The number of nitrogens with one attached hydrogen (secondary N) is 1. The molecule has 0 radical (unpaired) electrons. The number of halogens is 3. The molecular formula is C21H20F3N3O3. The van der Waals surface area contributed by atoms with Gasteiger partial charge in [0.05, 0.1) is 0 Å². The highest BCUT2D eigenvalue weighted by molar-refractivity contribution is 5.94. The van der Waals surface area contributed by atoms with Crippen LogP contribution in [0.1, 0.15) is 22.6 Å². The Morgan fingerprint density at radius 3 is 2.30 bits per heavy atom. The summed E-state index contributed by atoms with van der Waals surface area (Å²) in [5.74, 6) is 0.0479. The van der Waals surface area contributed by atoms with Crippen LogP contribution < -0.4 is 10.1 Å². The Morgan fingerprint density at radius 2 is 1.73 bits per heavy atom. The molecule has 1 heterocycles. The monoisotopic (exact) mass is 419 g/mol. The SMILES string of the molecule is Cn1ccnc1C(O)(CCNC(=O)c1ccc(Oc2ccccc2)cc1)C(F)(F)F. The predicted molar refractivity (Wildman–Crippen MR) is 103 cm³/mol. The first-order valence-corrected chi connectivity index (χ1v) is 9.09. The van der Waals surface area contributed by atoms with Gasteiger partial charge < -0.3 is 19.7 Å². The van der Waals surface area contributed by atoms with Crippen molar-refractivity contribution in [3.05, 3.63) is 78.4 Å². The van der Waals surface area contributed by atoms with Gasteiger partial charge in [-0.3, -0.25) is 4.79 Å². The summed E-state index contributed by atoms with van der Waals surface area (Å²) < 4.78 is 47.2. The molecule has 0 bridgehead atoms. The number of nitrogens with zero attached hydrogens (tertiary/aromatic N) is 2. The number of aryl methyl sites for hydroxylation is 1. The molecule has 6 nitrogen and oxygen atoms in total. The van der Waals surface area contributed by atoms with Gasteiger partial charge >= 0.3 is 6.18 Å². The van der Waals surface area contributed by atoms with Gasteiger partial charge in [0.1, 0.15) is 17.3 Å². The molecule has 9 heteroatoms. The highest BCUT2D eigenvalue weighted by Crippen LogP contribution is 2.40. The molecular weight excluding hydrogens is 399 g/mol. The first-order chi connectivity index (χ1) is 14.2. The van der Waals surface area contributed by atoms with Crippen LogP contribution >= 0.6 is 0 Å². The summed E-state index contributed by atoms with van der Waals surface area (Å²) >= 11 is 0. The second kappa shape index (κ2) is 8.58. The van der Waals surface area contributed by atoms with Crippen molar-refractivity contribution in [1.29, 1.82) is 0 Å². The van der Waals surface area contributed by atoms with E-state index in [4.69, 9.17) is 4.74 Å². The van der Waals surface area contributed by atoms with Gasteiger partial charge in [0.15, 0.2) is 0 Å². The maximum atomic E-state index is 13.5. The summed E-state index contributed by atoms with van der Waals surface area (Å²) in [6.07, 6.45) is -3.25. The van der Waals surface area contributed by atoms with Gasteiger partial charge in [-0.05, 0) is 36.4 Å². The molecule has 158 valence electrons. The lowest BCUT2D eigenvalue weighted by Gasteiger charge is -2.30. The molecule has 0 aliphatic heterocycles. The van der Waals surface area contributed by atoms with Gasteiger partial charge in [-0.15, -0.1) is 0 Å². The van der Waals surface area contributed by atoms with E-state index in [1.807, 2.05) is 18.2 Å². The molecule has 1 atom stereocenters. The standard InChI is InChI=1S/C21H20F3N3O3/c1-27-14-13-26-19(27)20(29,21(22,23)24)11-12-25-18(28)15-7-9-17(10-8-15)30-16-5-3-2-4-6-16/h2-10,13-14,29H,11-12H2,1H3,(H,25,28). The van der Waals surface area contributed by atoms with Crippen molar-refractivity contribution in [3.8, 4) is 11.5 Å². The minimum absolute atomic E-state index is 0.253. The summed E-state index contributed by atoms with van der Waals surface area (Å²) in [6, 6.07) is 15.2. The quantitative estimate of drug-likeness (QED) is 0.611. The molecule has 0 spiro atoms. The molecule has 3 aromatic rings. The lowest BCUT2D eigenvalue weighted by Crippen LogP contribution is -2.46. The lowest BCUT2D eigenvalue weighted by molar-refractivity contribution is -0.272. The number of aliphatic hydroxyl groups is 1. The summed E-state index contributed by atoms with van der Waals surface area (Å²) in [7, 11) is 1.36. The van der Waals surface area contributed by atoms with Crippen molar-refractivity contribution in [2.45, 2.75) is 18.2 Å². The Labute approximate surface area is 170 Å². The zero-order valence-corrected chi connectivity index (χ0v) is 16.1. The molecule has 1 aromatic heterocycles. The number of hydrogen-bond acceptors (Lipinski definition) is 4. The van der Waals surface area contributed by atoms with E-state index < -0.39 is 36.5 Å². The predicted octanol–water partition coefficient (Wildman–Crippen LogP) is 3.78. The number of benzene rings is 2. The van der Waals surface area contributed by atoms with E-state index in [1.165, 1.54) is 31.6 Å². The number of ether oxygens (including phenoxy) is 1. The zero-order valence-electron chi connectivity index (χ0n) is 16.1. The molecule has 0 aliphatic carbocycles.